The molecule has 3 rings (SSSR count). The zero-order valence-electron chi connectivity index (χ0n) is 12.0. The van der Waals surface area contributed by atoms with Crippen LogP contribution >= 0.6 is 11.3 Å². The molecule has 0 saturated carbocycles. The highest BCUT2D eigenvalue weighted by molar-refractivity contribution is 7.15. The van der Waals surface area contributed by atoms with Crippen LogP contribution in [0.15, 0.2) is 29.6 Å². The second-order valence-corrected chi connectivity index (χ2v) is 5.63. The number of aromatic nitrogens is 3. The van der Waals surface area contributed by atoms with Crippen LogP contribution in [0, 0.1) is 5.82 Å². The fourth-order valence-electron chi connectivity index (χ4n) is 2.11. The SMILES string of the molecule is CCC(=O)NCCc1csc2nc(-c3ccccc3F)nn12. The first-order valence-corrected chi connectivity index (χ1v) is 7.91. The molecular weight excluding hydrogens is 303 g/mol. The molecular formula is C15H15FN4OS. The van der Waals surface area contributed by atoms with E-state index in [2.05, 4.69) is 15.4 Å². The van der Waals surface area contributed by atoms with E-state index in [1.54, 1.807) is 22.7 Å². The average Bonchev–Trinajstić information content (AvgIpc) is 3.09. The van der Waals surface area contributed by atoms with Gasteiger partial charge in [0.15, 0.2) is 5.82 Å². The lowest BCUT2D eigenvalue weighted by molar-refractivity contribution is -0.120. The Bertz CT molecular complexity index is 811. The van der Waals surface area contributed by atoms with Crippen molar-refractivity contribution in [1.82, 2.24) is 19.9 Å². The molecule has 0 saturated heterocycles. The number of amides is 1. The third kappa shape index (κ3) is 2.85. The number of fused-ring (bicyclic) bond motifs is 1. The van der Waals surface area contributed by atoms with Crippen LogP contribution in [0.5, 0.6) is 0 Å². The Morgan fingerprint density at radius 2 is 2.23 bits per heavy atom. The largest absolute Gasteiger partial charge is 0.356 e. The van der Waals surface area contributed by atoms with Crippen molar-refractivity contribution in [2.75, 3.05) is 6.54 Å². The van der Waals surface area contributed by atoms with Crippen LogP contribution in [0.2, 0.25) is 0 Å². The van der Waals surface area contributed by atoms with Gasteiger partial charge in [-0.1, -0.05) is 19.1 Å². The predicted octanol–water partition coefficient (Wildman–Crippen LogP) is 2.67. The first-order chi connectivity index (χ1) is 10.7. The summed E-state index contributed by atoms with van der Waals surface area (Å²) in [5.74, 6) is 0.0680. The number of nitrogens with one attached hydrogen (secondary N) is 1. The van der Waals surface area contributed by atoms with E-state index in [0.29, 0.717) is 30.8 Å². The average molecular weight is 318 g/mol. The third-order valence-corrected chi connectivity index (χ3v) is 4.15. The molecule has 0 bridgehead atoms. The Morgan fingerprint density at radius 3 is 3.00 bits per heavy atom. The number of hydrogen-bond donors (Lipinski definition) is 1. The predicted molar refractivity (Wildman–Crippen MR) is 83.3 cm³/mol. The molecule has 7 heteroatoms. The van der Waals surface area contributed by atoms with Gasteiger partial charge in [0.2, 0.25) is 10.9 Å². The van der Waals surface area contributed by atoms with Gasteiger partial charge < -0.3 is 5.32 Å². The maximum absolute atomic E-state index is 13.8. The van der Waals surface area contributed by atoms with Gasteiger partial charge in [0.25, 0.3) is 0 Å². The lowest BCUT2D eigenvalue weighted by atomic mass is 10.2. The number of nitrogens with zero attached hydrogens (tertiary/aromatic N) is 3. The van der Waals surface area contributed by atoms with Gasteiger partial charge in [0.05, 0.1) is 11.3 Å². The first kappa shape index (κ1) is 14.6. The molecule has 0 fully saturated rings. The Hall–Kier alpha value is -2.28. The number of halogens is 1. The summed E-state index contributed by atoms with van der Waals surface area (Å²) in [4.78, 5) is 16.3. The number of hydrogen-bond acceptors (Lipinski definition) is 4. The highest BCUT2D eigenvalue weighted by Crippen LogP contribution is 2.22. The fourth-order valence-corrected chi connectivity index (χ4v) is 2.96. The van der Waals surface area contributed by atoms with Gasteiger partial charge in [-0.2, -0.15) is 4.98 Å². The van der Waals surface area contributed by atoms with Crippen molar-refractivity contribution >= 4 is 22.2 Å². The molecule has 0 aliphatic heterocycles. The Kier molecular flexibility index (Phi) is 4.15. The van der Waals surface area contributed by atoms with Crippen molar-refractivity contribution in [1.29, 1.82) is 0 Å². The summed E-state index contributed by atoms with van der Waals surface area (Å²) < 4.78 is 15.5. The summed E-state index contributed by atoms with van der Waals surface area (Å²) in [6, 6.07) is 6.45. The van der Waals surface area contributed by atoms with Crippen molar-refractivity contribution < 1.29 is 9.18 Å². The molecule has 5 nitrogen and oxygen atoms in total. The van der Waals surface area contributed by atoms with E-state index in [1.807, 2.05) is 12.3 Å². The molecule has 0 radical (unpaired) electrons. The monoisotopic (exact) mass is 318 g/mol. The summed E-state index contributed by atoms with van der Waals surface area (Å²) in [5, 5.41) is 9.17. The van der Waals surface area contributed by atoms with Crippen molar-refractivity contribution in [2.45, 2.75) is 19.8 Å². The van der Waals surface area contributed by atoms with E-state index in [9.17, 15) is 9.18 Å². The molecule has 22 heavy (non-hydrogen) atoms. The van der Waals surface area contributed by atoms with Crippen LogP contribution in [0.1, 0.15) is 19.0 Å². The van der Waals surface area contributed by atoms with Crippen molar-refractivity contribution in [3.05, 3.63) is 41.2 Å². The van der Waals surface area contributed by atoms with Crippen LogP contribution in [0.4, 0.5) is 4.39 Å². The van der Waals surface area contributed by atoms with Crippen molar-refractivity contribution in [3.8, 4) is 11.4 Å². The van der Waals surface area contributed by atoms with Gasteiger partial charge in [0, 0.05) is 24.8 Å². The molecule has 0 spiro atoms. The highest BCUT2D eigenvalue weighted by atomic mass is 32.1. The molecule has 1 aromatic carbocycles. The molecule has 0 aliphatic rings. The summed E-state index contributed by atoms with van der Waals surface area (Å²) in [6.07, 6.45) is 1.13. The van der Waals surface area contributed by atoms with Gasteiger partial charge in [-0.3, -0.25) is 4.79 Å². The topological polar surface area (TPSA) is 59.3 Å². The van der Waals surface area contributed by atoms with Crippen LogP contribution in [0.3, 0.4) is 0 Å². The Morgan fingerprint density at radius 1 is 1.41 bits per heavy atom. The van der Waals surface area contributed by atoms with E-state index in [0.717, 1.165) is 10.7 Å². The fraction of sp³-hybridized carbons (Fsp3) is 0.267. The minimum atomic E-state index is -0.336. The van der Waals surface area contributed by atoms with Gasteiger partial charge in [-0.15, -0.1) is 16.4 Å². The molecule has 1 N–H and O–H groups in total. The van der Waals surface area contributed by atoms with Crippen LogP contribution in [-0.4, -0.2) is 27.0 Å². The molecule has 0 unspecified atom stereocenters. The molecule has 1 amide bonds. The maximum atomic E-state index is 13.8. The molecule has 3 aromatic rings. The minimum Gasteiger partial charge on any atom is -0.356 e. The van der Waals surface area contributed by atoms with Crippen molar-refractivity contribution in [2.24, 2.45) is 0 Å². The van der Waals surface area contributed by atoms with Crippen LogP contribution in [-0.2, 0) is 11.2 Å². The standard InChI is InChI=1S/C15H15FN4OS/c1-2-13(21)17-8-7-10-9-22-15-18-14(19-20(10)15)11-5-3-4-6-12(11)16/h3-6,9H,2,7-8H2,1H3,(H,17,21). The minimum absolute atomic E-state index is 0.0251. The molecule has 0 atom stereocenters. The highest BCUT2D eigenvalue weighted by Gasteiger charge is 2.14. The summed E-state index contributed by atoms with van der Waals surface area (Å²) in [6.45, 7) is 2.36. The number of carbonyl (C=O) groups is 1. The lowest BCUT2D eigenvalue weighted by Crippen LogP contribution is -2.24. The van der Waals surface area contributed by atoms with E-state index >= 15 is 0 Å². The summed E-state index contributed by atoms with van der Waals surface area (Å²) in [5.41, 5.74) is 1.34. The molecule has 0 aliphatic carbocycles. The first-order valence-electron chi connectivity index (χ1n) is 7.03. The maximum Gasteiger partial charge on any atom is 0.219 e. The third-order valence-electron chi connectivity index (χ3n) is 3.29. The van der Waals surface area contributed by atoms with Gasteiger partial charge in [-0.05, 0) is 12.1 Å². The lowest BCUT2D eigenvalue weighted by Gasteiger charge is -2.02. The van der Waals surface area contributed by atoms with E-state index in [1.165, 1.54) is 17.4 Å². The Labute approximate surface area is 130 Å². The Balaban J connectivity index is 1.83. The van der Waals surface area contributed by atoms with Gasteiger partial charge in [-0.25, -0.2) is 8.91 Å². The smallest absolute Gasteiger partial charge is 0.219 e. The molecule has 2 aromatic heterocycles. The number of carbonyl (C=O) groups excluding carboxylic acids is 1. The second-order valence-electron chi connectivity index (χ2n) is 4.79. The van der Waals surface area contributed by atoms with Crippen LogP contribution < -0.4 is 5.32 Å². The zero-order valence-corrected chi connectivity index (χ0v) is 12.9. The second kappa shape index (κ2) is 6.23. The van der Waals surface area contributed by atoms with Crippen molar-refractivity contribution in [3.63, 3.8) is 0 Å². The normalized spacial score (nSPS) is 11.0. The van der Waals surface area contributed by atoms with E-state index in [4.69, 9.17) is 0 Å². The number of thiazole rings is 1. The molecule has 2 heterocycles. The number of rotatable bonds is 5. The van der Waals surface area contributed by atoms with E-state index < -0.39 is 0 Å². The number of benzene rings is 1. The summed E-state index contributed by atoms with van der Waals surface area (Å²) in [7, 11) is 0. The summed E-state index contributed by atoms with van der Waals surface area (Å²) >= 11 is 1.45. The van der Waals surface area contributed by atoms with Gasteiger partial charge in [0.1, 0.15) is 5.82 Å². The van der Waals surface area contributed by atoms with E-state index in [-0.39, 0.29) is 11.7 Å². The quantitative estimate of drug-likeness (QED) is 0.787. The molecule has 114 valence electrons. The van der Waals surface area contributed by atoms with Gasteiger partial charge >= 0.3 is 0 Å². The van der Waals surface area contributed by atoms with Crippen LogP contribution in [0.25, 0.3) is 16.3 Å². The zero-order chi connectivity index (χ0) is 15.5.